The molecule has 0 atom stereocenters. The van der Waals surface area contributed by atoms with Crippen molar-refractivity contribution in [3.63, 3.8) is 0 Å². The zero-order valence-corrected chi connectivity index (χ0v) is 17.4. The number of carbonyl (C=O) groups excluding carboxylic acids is 1. The Labute approximate surface area is 176 Å². The number of ether oxygens (including phenoxy) is 2. The molecule has 30 heavy (non-hydrogen) atoms. The molecule has 1 saturated heterocycles. The van der Waals surface area contributed by atoms with Crippen LogP contribution in [0.3, 0.4) is 0 Å². The highest BCUT2D eigenvalue weighted by Crippen LogP contribution is 2.18. The van der Waals surface area contributed by atoms with Crippen molar-refractivity contribution in [1.82, 2.24) is 24.9 Å². The van der Waals surface area contributed by atoms with Crippen LogP contribution in [-0.2, 0) is 16.0 Å². The molecule has 0 aromatic carbocycles. The summed E-state index contributed by atoms with van der Waals surface area (Å²) in [7, 11) is 0. The maximum Gasteiger partial charge on any atom is 0.276 e. The van der Waals surface area contributed by atoms with Crippen LogP contribution in [0.25, 0.3) is 0 Å². The van der Waals surface area contributed by atoms with E-state index in [1.807, 2.05) is 13.8 Å². The van der Waals surface area contributed by atoms with Crippen LogP contribution in [0.1, 0.15) is 36.3 Å². The quantitative estimate of drug-likeness (QED) is 0.596. The third-order valence-corrected chi connectivity index (χ3v) is 4.79. The summed E-state index contributed by atoms with van der Waals surface area (Å²) in [5.74, 6) is 0.507. The number of hydrogen-bond acceptors (Lipinski definition) is 8. The van der Waals surface area contributed by atoms with Gasteiger partial charge in [-0.2, -0.15) is 5.26 Å². The van der Waals surface area contributed by atoms with Gasteiger partial charge in [0, 0.05) is 45.6 Å². The van der Waals surface area contributed by atoms with Crippen LogP contribution >= 0.6 is 0 Å². The molecule has 0 radical (unpaired) electrons. The Morgan fingerprint density at radius 2 is 2.03 bits per heavy atom. The fourth-order valence-corrected chi connectivity index (χ4v) is 3.39. The summed E-state index contributed by atoms with van der Waals surface area (Å²) < 4.78 is 12.6. The molecule has 0 unspecified atom stereocenters. The lowest BCUT2D eigenvalue weighted by Gasteiger charge is -2.23. The van der Waals surface area contributed by atoms with Crippen LogP contribution in [0, 0.1) is 11.3 Å². The van der Waals surface area contributed by atoms with Crippen molar-refractivity contribution in [2.45, 2.75) is 33.1 Å². The number of carbonyl (C=O) groups is 1. The number of nitrogens with zero attached hydrogens (tertiary/aromatic N) is 7. The summed E-state index contributed by atoms with van der Waals surface area (Å²) in [4.78, 5) is 21.1. The molecule has 1 amide bonds. The SMILES string of the molecule is CCOC(Cn1cc(C(=O)N2CCCN(c3ncccc3C#N)CC2)nn1)OCC. The second-order valence-corrected chi connectivity index (χ2v) is 6.79. The van der Waals surface area contributed by atoms with E-state index in [4.69, 9.17) is 9.47 Å². The maximum atomic E-state index is 12.9. The van der Waals surface area contributed by atoms with Gasteiger partial charge in [0.05, 0.1) is 18.3 Å². The molecule has 1 aliphatic rings. The second-order valence-electron chi connectivity index (χ2n) is 6.79. The predicted molar refractivity (Wildman–Crippen MR) is 109 cm³/mol. The number of amides is 1. The third kappa shape index (κ3) is 5.31. The van der Waals surface area contributed by atoms with Crippen LogP contribution in [0.5, 0.6) is 0 Å². The van der Waals surface area contributed by atoms with Gasteiger partial charge in [-0.1, -0.05) is 5.21 Å². The van der Waals surface area contributed by atoms with Crippen LogP contribution < -0.4 is 4.90 Å². The molecule has 2 aromatic rings. The first-order valence-corrected chi connectivity index (χ1v) is 10.2. The molecule has 0 spiro atoms. The molecule has 0 bridgehead atoms. The van der Waals surface area contributed by atoms with Crippen molar-refractivity contribution in [3.05, 3.63) is 35.8 Å². The molecule has 0 N–H and O–H groups in total. The Kier molecular flexibility index (Phi) is 7.70. The number of aromatic nitrogens is 4. The van der Waals surface area contributed by atoms with E-state index in [9.17, 15) is 10.1 Å². The predicted octanol–water partition coefficient (Wildman–Crippen LogP) is 1.30. The highest BCUT2D eigenvalue weighted by molar-refractivity contribution is 5.92. The highest BCUT2D eigenvalue weighted by atomic mass is 16.7. The molecule has 10 nitrogen and oxygen atoms in total. The summed E-state index contributed by atoms with van der Waals surface area (Å²) in [5.41, 5.74) is 0.837. The average molecular weight is 413 g/mol. The van der Waals surface area contributed by atoms with Crippen LogP contribution in [0.15, 0.2) is 24.5 Å². The summed E-state index contributed by atoms with van der Waals surface area (Å²) in [6.07, 6.45) is 3.66. The summed E-state index contributed by atoms with van der Waals surface area (Å²) in [5, 5.41) is 17.4. The first-order chi connectivity index (χ1) is 14.7. The van der Waals surface area contributed by atoms with Gasteiger partial charge in [0.1, 0.15) is 11.9 Å². The van der Waals surface area contributed by atoms with Gasteiger partial charge >= 0.3 is 0 Å². The Bertz CT molecular complexity index is 873. The topological polar surface area (TPSA) is 109 Å². The smallest absolute Gasteiger partial charge is 0.276 e. The van der Waals surface area contributed by atoms with Crippen LogP contribution in [0.4, 0.5) is 5.82 Å². The highest BCUT2D eigenvalue weighted by Gasteiger charge is 2.24. The van der Waals surface area contributed by atoms with E-state index in [0.717, 1.165) is 13.0 Å². The van der Waals surface area contributed by atoms with Crippen molar-refractivity contribution < 1.29 is 14.3 Å². The molecule has 3 heterocycles. The second kappa shape index (κ2) is 10.7. The molecule has 1 aliphatic heterocycles. The molecule has 2 aromatic heterocycles. The van der Waals surface area contributed by atoms with E-state index in [2.05, 4.69) is 26.3 Å². The maximum absolute atomic E-state index is 12.9. The van der Waals surface area contributed by atoms with Crippen LogP contribution in [0.2, 0.25) is 0 Å². The zero-order chi connectivity index (χ0) is 21.3. The summed E-state index contributed by atoms with van der Waals surface area (Å²) in [6, 6.07) is 5.69. The fourth-order valence-electron chi connectivity index (χ4n) is 3.39. The lowest BCUT2D eigenvalue weighted by atomic mass is 10.2. The molecule has 3 rings (SSSR count). The number of hydrogen-bond donors (Lipinski definition) is 0. The Hall–Kier alpha value is -3.03. The van der Waals surface area contributed by atoms with E-state index >= 15 is 0 Å². The van der Waals surface area contributed by atoms with E-state index < -0.39 is 6.29 Å². The largest absolute Gasteiger partial charge is 0.354 e. The van der Waals surface area contributed by atoms with Gasteiger partial charge in [0.25, 0.3) is 5.91 Å². The van der Waals surface area contributed by atoms with Crippen molar-refractivity contribution >= 4 is 11.7 Å². The first-order valence-electron chi connectivity index (χ1n) is 10.2. The molecule has 160 valence electrons. The van der Waals surface area contributed by atoms with Gasteiger partial charge in [0.2, 0.25) is 0 Å². The Balaban J connectivity index is 1.62. The van der Waals surface area contributed by atoms with Gasteiger partial charge in [-0.25, -0.2) is 9.67 Å². The number of pyridine rings is 1. The normalized spacial score (nSPS) is 14.6. The Morgan fingerprint density at radius 3 is 2.77 bits per heavy atom. The van der Waals surface area contributed by atoms with Gasteiger partial charge in [0.15, 0.2) is 12.0 Å². The molecule has 10 heteroatoms. The standard InChI is InChI=1S/C20H27N7O3/c1-3-29-18(30-4-2)15-27-14-17(23-24-27)20(28)26-10-6-9-25(11-12-26)19-16(13-21)7-5-8-22-19/h5,7-8,14,18H,3-4,6,9-12,15H2,1-2H3. The summed E-state index contributed by atoms with van der Waals surface area (Å²) in [6.45, 7) is 7.68. The first kappa shape index (κ1) is 21.7. The van der Waals surface area contributed by atoms with Gasteiger partial charge in [-0.05, 0) is 32.4 Å². The summed E-state index contributed by atoms with van der Waals surface area (Å²) >= 11 is 0. The van der Waals surface area contributed by atoms with E-state index in [0.29, 0.717) is 56.5 Å². The van der Waals surface area contributed by atoms with Gasteiger partial charge in [-0.15, -0.1) is 5.10 Å². The molecule has 0 aliphatic carbocycles. The number of anilines is 1. The fraction of sp³-hybridized carbons (Fsp3) is 0.550. The minimum absolute atomic E-state index is 0.158. The lowest BCUT2D eigenvalue weighted by Crippen LogP contribution is -2.35. The molecular weight excluding hydrogens is 386 g/mol. The van der Waals surface area contributed by atoms with Gasteiger partial charge in [-0.3, -0.25) is 4.79 Å². The third-order valence-electron chi connectivity index (χ3n) is 4.79. The monoisotopic (exact) mass is 413 g/mol. The van der Waals surface area contributed by atoms with Crippen molar-refractivity contribution in [3.8, 4) is 6.07 Å². The Morgan fingerprint density at radius 1 is 1.23 bits per heavy atom. The van der Waals surface area contributed by atoms with E-state index in [1.165, 1.54) is 0 Å². The van der Waals surface area contributed by atoms with Crippen molar-refractivity contribution in [2.24, 2.45) is 0 Å². The lowest BCUT2D eigenvalue weighted by molar-refractivity contribution is -0.145. The molecule has 1 fully saturated rings. The number of rotatable bonds is 8. The average Bonchev–Trinajstić information content (AvgIpc) is 3.08. The molecule has 0 saturated carbocycles. The van der Waals surface area contributed by atoms with E-state index in [1.54, 1.807) is 34.1 Å². The minimum Gasteiger partial charge on any atom is -0.354 e. The van der Waals surface area contributed by atoms with E-state index in [-0.39, 0.29) is 5.91 Å². The minimum atomic E-state index is -0.427. The zero-order valence-electron chi connectivity index (χ0n) is 17.4. The van der Waals surface area contributed by atoms with Gasteiger partial charge < -0.3 is 19.3 Å². The van der Waals surface area contributed by atoms with Crippen molar-refractivity contribution in [2.75, 3.05) is 44.3 Å². The number of nitriles is 1. The molecular formula is C20H27N7O3. The van der Waals surface area contributed by atoms with Crippen LogP contribution in [-0.4, -0.2) is 76.5 Å². The van der Waals surface area contributed by atoms with Crippen molar-refractivity contribution in [1.29, 1.82) is 5.26 Å².